The minimum absolute atomic E-state index is 0. The zero-order valence-electron chi connectivity index (χ0n) is 11.1. The molecule has 0 aliphatic heterocycles. The highest BCUT2D eigenvalue weighted by Gasteiger charge is 2.21. The number of carbonyl (C=O) groups is 1. The lowest BCUT2D eigenvalue weighted by Crippen LogP contribution is -2.35. The minimum Gasteiger partial charge on any atom is -0.355 e. The number of rotatable bonds is 7. The highest BCUT2D eigenvalue weighted by molar-refractivity contribution is 5.85. The monoisotopic (exact) mass is 262 g/mol. The van der Waals surface area contributed by atoms with E-state index in [2.05, 4.69) is 24.5 Å². The van der Waals surface area contributed by atoms with E-state index in [1.54, 1.807) is 0 Å². The first-order valence-corrected chi connectivity index (χ1v) is 6.72. The van der Waals surface area contributed by atoms with Gasteiger partial charge in [-0.1, -0.05) is 39.5 Å². The summed E-state index contributed by atoms with van der Waals surface area (Å²) >= 11 is 0. The molecule has 1 unspecified atom stereocenters. The van der Waals surface area contributed by atoms with E-state index < -0.39 is 0 Å². The first-order valence-electron chi connectivity index (χ1n) is 6.72. The van der Waals surface area contributed by atoms with Crippen LogP contribution in [0.3, 0.4) is 0 Å². The predicted octanol–water partition coefficient (Wildman–Crippen LogP) is 2.35. The summed E-state index contributed by atoms with van der Waals surface area (Å²) in [6.07, 6.45) is 6.45. The maximum atomic E-state index is 11.8. The second-order valence-electron chi connectivity index (χ2n) is 4.93. The first-order chi connectivity index (χ1) is 7.74. The molecule has 0 aromatic carbocycles. The summed E-state index contributed by atoms with van der Waals surface area (Å²) < 4.78 is 0. The summed E-state index contributed by atoms with van der Waals surface area (Å²) in [6, 6.07) is 0. The third-order valence-electron chi connectivity index (χ3n) is 3.46. The van der Waals surface area contributed by atoms with E-state index in [9.17, 15) is 4.79 Å². The van der Waals surface area contributed by atoms with Gasteiger partial charge in [-0.15, -0.1) is 12.4 Å². The molecule has 1 rings (SSSR count). The van der Waals surface area contributed by atoms with Gasteiger partial charge in [0.2, 0.25) is 5.91 Å². The molecule has 4 heteroatoms. The molecule has 102 valence electrons. The molecule has 0 bridgehead atoms. The maximum Gasteiger partial charge on any atom is 0.222 e. The van der Waals surface area contributed by atoms with Gasteiger partial charge in [-0.3, -0.25) is 4.79 Å². The summed E-state index contributed by atoms with van der Waals surface area (Å²) in [6.45, 7) is 6.72. The van der Waals surface area contributed by atoms with E-state index in [-0.39, 0.29) is 24.2 Å². The summed E-state index contributed by atoms with van der Waals surface area (Å²) in [4.78, 5) is 11.8. The zero-order chi connectivity index (χ0) is 11.8. The Morgan fingerprint density at radius 1 is 1.29 bits per heavy atom. The molecule has 2 N–H and O–H groups in total. The molecule has 3 nitrogen and oxygen atoms in total. The van der Waals surface area contributed by atoms with Crippen molar-refractivity contribution in [1.29, 1.82) is 0 Å². The van der Waals surface area contributed by atoms with Crippen LogP contribution in [0.2, 0.25) is 0 Å². The van der Waals surface area contributed by atoms with Crippen molar-refractivity contribution in [2.24, 2.45) is 11.8 Å². The summed E-state index contributed by atoms with van der Waals surface area (Å²) in [7, 11) is 0. The smallest absolute Gasteiger partial charge is 0.222 e. The van der Waals surface area contributed by atoms with Gasteiger partial charge >= 0.3 is 0 Å². The van der Waals surface area contributed by atoms with Crippen LogP contribution in [-0.2, 0) is 4.79 Å². The third-order valence-corrected chi connectivity index (χ3v) is 3.46. The summed E-state index contributed by atoms with van der Waals surface area (Å²) in [5.74, 6) is 1.21. The van der Waals surface area contributed by atoms with Crippen LogP contribution in [0.5, 0.6) is 0 Å². The van der Waals surface area contributed by atoms with Gasteiger partial charge in [0, 0.05) is 19.0 Å². The molecule has 1 aliphatic carbocycles. The van der Waals surface area contributed by atoms with Crippen molar-refractivity contribution >= 4 is 18.3 Å². The van der Waals surface area contributed by atoms with Gasteiger partial charge in [-0.05, 0) is 18.9 Å². The Labute approximate surface area is 112 Å². The van der Waals surface area contributed by atoms with Crippen molar-refractivity contribution in [1.82, 2.24) is 10.6 Å². The Morgan fingerprint density at radius 3 is 2.53 bits per heavy atom. The van der Waals surface area contributed by atoms with Gasteiger partial charge in [-0.25, -0.2) is 0 Å². The van der Waals surface area contributed by atoms with Crippen LogP contribution in [0.1, 0.15) is 46.0 Å². The highest BCUT2D eigenvalue weighted by atomic mass is 35.5. The Bertz CT molecular complexity index is 206. The van der Waals surface area contributed by atoms with Crippen LogP contribution in [-0.4, -0.2) is 25.5 Å². The lowest BCUT2D eigenvalue weighted by atomic mass is 9.94. The average Bonchev–Trinajstić information content (AvgIpc) is 2.76. The van der Waals surface area contributed by atoms with Crippen molar-refractivity contribution in [3.05, 3.63) is 0 Å². The van der Waals surface area contributed by atoms with E-state index in [4.69, 9.17) is 0 Å². The molecule has 0 radical (unpaired) electrons. The largest absolute Gasteiger partial charge is 0.355 e. The fourth-order valence-corrected chi connectivity index (χ4v) is 2.48. The molecule has 1 amide bonds. The van der Waals surface area contributed by atoms with E-state index in [0.717, 1.165) is 32.0 Å². The number of amides is 1. The van der Waals surface area contributed by atoms with Crippen LogP contribution in [0.25, 0.3) is 0 Å². The first kappa shape index (κ1) is 16.7. The Hall–Kier alpha value is -0.280. The van der Waals surface area contributed by atoms with Gasteiger partial charge in [0.25, 0.3) is 0 Å². The quantitative estimate of drug-likeness (QED) is 0.692. The summed E-state index contributed by atoms with van der Waals surface area (Å²) in [5, 5.41) is 6.19. The molecule has 0 aromatic rings. The zero-order valence-corrected chi connectivity index (χ0v) is 11.9. The van der Waals surface area contributed by atoms with Crippen molar-refractivity contribution in [2.45, 2.75) is 46.0 Å². The summed E-state index contributed by atoms with van der Waals surface area (Å²) in [5.41, 5.74) is 0. The fraction of sp³-hybridized carbons (Fsp3) is 0.923. The highest BCUT2D eigenvalue weighted by Crippen LogP contribution is 2.30. The fourth-order valence-electron chi connectivity index (χ4n) is 2.48. The number of hydrogen-bond acceptors (Lipinski definition) is 2. The molecule has 1 atom stereocenters. The van der Waals surface area contributed by atoms with Gasteiger partial charge in [0.05, 0.1) is 0 Å². The van der Waals surface area contributed by atoms with E-state index in [1.807, 2.05) is 0 Å². The van der Waals surface area contributed by atoms with Crippen LogP contribution >= 0.6 is 12.4 Å². The topological polar surface area (TPSA) is 41.1 Å². The van der Waals surface area contributed by atoms with Crippen LogP contribution in [0, 0.1) is 11.8 Å². The number of halogens is 1. The molecule has 1 saturated carbocycles. The minimum atomic E-state index is 0. The average molecular weight is 263 g/mol. The van der Waals surface area contributed by atoms with E-state index >= 15 is 0 Å². The number of carbonyl (C=O) groups excluding carboxylic acids is 1. The number of hydrogen-bond donors (Lipinski definition) is 2. The molecule has 1 fully saturated rings. The SMILES string of the molecule is CCNCCNC(=O)C(C)CC1CCCC1.Cl. The molecule has 1 aliphatic rings. The van der Waals surface area contributed by atoms with Crippen molar-refractivity contribution in [2.75, 3.05) is 19.6 Å². The molecular weight excluding hydrogens is 236 g/mol. The predicted molar refractivity (Wildman–Crippen MR) is 74.5 cm³/mol. The molecule has 0 saturated heterocycles. The molecule has 17 heavy (non-hydrogen) atoms. The lowest BCUT2D eigenvalue weighted by molar-refractivity contribution is -0.124. The van der Waals surface area contributed by atoms with E-state index in [0.29, 0.717) is 0 Å². The number of nitrogens with one attached hydrogen (secondary N) is 2. The van der Waals surface area contributed by atoms with Crippen LogP contribution < -0.4 is 10.6 Å². The molecule has 0 spiro atoms. The lowest BCUT2D eigenvalue weighted by Gasteiger charge is -2.16. The third kappa shape index (κ3) is 6.89. The normalized spacial score (nSPS) is 17.5. The Morgan fingerprint density at radius 2 is 1.94 bits per heavy atom. The molecular formula is C13H27ClN2O. The Balaban J connectivity index is 0.00000256. The molecule has 0 aromatic heterocycles. The van der Waals surface area contributed by atoms with Crippen LogP contribution in [0.15, 0.2) is 0 Å². The second-order valence-corrected chi connectivity index (χ2v) is 4.93. The maximum absolute atomic E-state index is 11.8. The van der Waals surface area contributed by atoms with Crippen molar-refractivity contribution < 1.29 is 4.79 Å². The second kappa shape index (κ2) is 9.72. The molecule has 0 heterocycles. The van der Waals surface area contributed by atoms with E-state index in [1.165, 1.54) is 25.7 Å². The van der Waals surface area contributed by atoms with Gasteiger partial charge in [0.1, 0.15) is 0 Å². The van der Waals surface area contributed by atoms with Gasteiger partial charge < -0.3 is 10.6 Å². The standard InChI is InChI=1S/C13H26N2O.ClH/c1-3-14-8-9-15-13(16)11(2)10-12-6-4-5-7-12;/h11-12,14H,3-10H2,1-2H3,(H,15,16);1H. The van der Waals surface area contributed by atoms with Crippen molar-refractivity contribution in [3.63, 3.8) is 0 Å². The number of likely N-dealkylation sites (N-methyl/N-ethyl adjacent to an activating group) is 1. The van der Waals surface area contributed by atoms with Crippen LogP contribution in [0.4, 0.5) is 0 Å². The van der Waals surface area contributed by atoms with Gasteiger partial charge in [-0.2, -0.15) is 0 Å². The van der Waals surface area contributed by atoms with Crippen molar-refractivity contribution in [3.8, 4) is 0 Å². The van der Waals surface area contributed by atoms with Gasteiger partial charge in [0.15, 0.2) is 0 Å². The Kier molecular flexibility index (Phi) is 9.56.